The van der Waals surface area contributed by atoms with Crippen LogP contribution in [-0.2, 0) is 17.8 Å². The number of aryl methyl sites for hydroxylation is 1. The predicted molar refractivity (Wildman–Crippen MR) is 96.9 cm³/mol. The number of hydrogen-bond donors (Lipinski definition) is 1. The molecule has 1 N–H and O–H groups in total. The molecule has 2 aromatic rings. The number of likely N-dealkylation sites (tertiary alicyclic amines) is 1. The maximum Gasteiger partial charge on any atom is 0.222 e. The van der Waals surface area contributed by atoms with Crippen LogP contribution in [0.15, 0.2) is 48.8 Å². The van der Waals surface area contributed by atoms with Crippen molar-refractivity contribution in [2.45, 2.75) is 44.8 Å². The number of hydrogen-bond acceptors (Lipinski definition) is 3. The first-order chi connectivity index (χ1) is 12.2. The van der Waals surface area contributed by atoms with Gasteiger partial charge in [0, 0.05) is 38.4 Å². The fourth-order valence-electron chi connectivity index (χ4n) is 3.54. The van der Waals surface area contributed by atoms with E-state index in [1.165, 1.54) is 5.56 Å². The van der Waals surface area contributed by atoms with Crippen molar-refractivity contribution in [3.05, 3.63) is 54.4 Å². The average molecular weight is 341 g/mol. The van der Waals surface area contributed by atoms with Gasteiger partial charge in [-0.15, -0.1) is 0 Å². The predicted octanol–water partition coefficient (Wildman–Crippen LogP) is 2.51. The lowest BCUT2D eigenvalue weighted by Gasteiger charge is -2.34. The molecule has 2 heterocycles. The quantitative estimate of drug-likeness (QED) is 0.842. The average Bonchev–Trinajstić information content (AvgIpc) is 3.16. The minimum Gasteiger partial charge on any atom is -0.392 e. The van der Waals surface area contributed by atoms with Gasteiger partial charge < -0.3 is 10.0 Å². The minimum absolute atomic E-state index is 0.225. The smallest absolute Gasteiger partial charge is 0.222 e. The Hall–Kier alpha value is -2.14. The summed E-state index contributed by atoms with van der Waals surface area (Å²) < 4.78 is 1.86. The van der Waals surface area contributed by atoms with Crippen molar-refractivity contribution >= 4 is 5.91 Å². The van der Waals surface area contributed by atoms with E-state index in [4.69, 9.17) is 0 Å². The van der Waals surface area contributed by atoms with Gasteiger partial charge in [-0.3, -0.25) is 9.48 Å². The highest BCUT2D eigenvalue weighted by atomic mass is 16.3. The molecule has 1 amide bonds. The van der Waals surface area contributed by atoms with E-state index < -0.39 is 0 Å². The second-order valence-corrected chi connectivity index (χ2v) is 6.85. The van der Waals surface area contributed by atoms with E-state index in [0.29, 0.717) is 12.8 Å². The SMILES string of the molecule is O=C(CCCn1cccn1)N1CCC([C@H](O)Cc2ccccc2)CC1. The molecule has 0 saturated carbocycles. The number of aliphatic hydroxyl groups is 1. The molecule has 3 rings (SSSR count). The molecule has 1 aliphatic heterocycles. The summed E-state index contributed by atoms with van der Waals surface area (Å²) >= 11 is 0. The monoisotopic (exact) mass is 341 g/mol. The molecule has 0 radical (unpaired) electrons. The van der Waals surface area contributed by atoms with Crippen LogP contribution >= 0.6 is 0 Å². The molecule has 1 saturated heterocycles. The molecule has 0 unspecified atom stereocenters. The van der Waals surface area contributed by atoms with Gasteiger partial charge in [0.2, 0.25) is 5.91 Å². The Balaban J connectivity index is 1.38. The summed E-state index contributed by atoms with van der Waals surface area (Å²) in [6.07, 6.45) is 7.21. The zero-order valence-electron chi connectivity index (χ0n) is 14.6. The highest BCUT2D eigenvalue weighted by Crippen LogP contribution is 2.23. The van der Waals surface area contributed by atoms with Crippen LogP contribution in [0.25, 0.3) is 0 Å². The molecule has 0 aliphatic carbocycles. The number of benzene rings is 1. The lowest BCUT2D eigenvalue weighted by Crippen LogP contribution is -2.41. The van der Waals surface area contributed by atoms with Gasteiger partial charge in [-0.05, 0) is 43.2 Å². The molecule has 5 nitrogen and oxygen atoms in total. The van der Waals surface area contributed by atoms with Crippen molar-refractivity contribution in [2.75, 3.05) is 13.1 Å². The molecule has 1 aliphatic rings. The minimum atomic E-state index is -0.320. The van der Waals surface area contributed by atoms with Gasteiger partial charge in [0.25, 0.3) is 0 Å². The van der Waals surface area contributed by atoms with E-state index in [1.807, 2.05) is 40.0 Å². The summed E-state index contributed by atoms with van der Waals surface area (Å²) in [4.78, 5) is 14.3. The lowest BCUT2D eigenvalue weighted by molar-refractivity contribution is -0.133. The Morgan fingerprint density at radius 3 is 2.64 bits per heavy atom. The largest absolute Gasteiger partial charge is 0.392 e. The first-order valence-corrected chi connectivity index (χ1v) is 9.19. The van der Waals surface area contributed by atoms with E-state index in [0.717, 1.165) is 38.9 Å². The fourth-order valence-corrected chi connectivity index (χ4v) is 3.54. The summed E-state index contributed by atoms with van der Waals surface area (Å²) in [6.45, 7) is 2.30. The topological polar surface area (TPSA) is 58.4 Å². The Morgan fingerprint density at radius 1 is 1.20 bits per heavy atom. The third kappa shape index (κ3) is 5.16. The van der Waals surface area contributed by atoms with Crippen LogP contribution < -0.4 is 0 Å². The zero-order valence-corrected chi connectivity index (χ0v) is 14.6. The second-order valence-electron chi connectivity index (χ2n) is 6.85. The van der Waals surface area contributed by atoms with Crippen molar-refractivity contribution in [3.63, 3.8) is 0 Å². The molecular weight excluding hydrogens is 314 g/mol. The fraction of sp³-hybridized carbons (Fsp3) is 0.500. The van der Waals surface area contributed by atoms with Gasteiger partial charge in [-0.25, -0.2) is 0 Å². The van der Waals surface area contributed by atoms with E-state index in [1.54, 1.807) is 6.20 Å². The highest BCUT2D eigenvalue weighted by Gasteiger charge is 2.27. The van der Waals surface area contributed by atoms with Gasteiger partial charge in [0.05, 0.1) is 6.10 Å². The summed E-state index contributed by atoms with van der Waals surface area (Å²) in [5, 5.41) is 14.6. The number of carbonyl (C=O) groups is 1. The molecule has 1 aromatic heterocycles. The second kappa shape index (κ2) is 8.81. The van der Waals surface area contributed by atoms with E-state index in [2.05, 4.69) is 17.2 Å². The van der Waals surface area contributed by atoms with Crippen molar-refractivity contribution in [2.24, 2.45) is 5.92 Å². The third-order valence-electron chi connectivity index (χ3n) is 5.06. The number of aliphatic hydroxyl groups excluding tert-OH is 1. The maximum absolute atomic E-state index is 12.3. The molecule has 1 atom stereocenters. The molecule has 0 spiro atoms. The number of piperidine rings is 1. The van der Waals surface area contributed by atoms with Crippen LogP contribution in [0.3, 0.4) is 0 Å². The Morgan fingerprint density at radius 2 is 1.96 bits per heavy atom. The molecule has 1 fully saturated rings. The lowest BCUT2D eigenvalue weighted by atomic mass is 9.88. The third-order valence-corrected chi connectivity index (χ3v) is 5.06. The molecule has 5 heteroatoms. The molecule has 1 aromatic carbocycles. The Bertz CT molecular complexity index is 634. The van der Waals surface area contributed by atoms with Gasteiger partial charge in [0.1, 0.15) is 0 Å². The van der Waals surface area contributed by atoms with Gasteiger partial charge in [0.15, 0.2) is 0 Å². The summed E-state index contributed by atoms with van der Waals surface area (Å²) in [5.74, 6) is 0.511. The van der Waals surface area contributed by atoms with Crippen molar-refractivity contribution in [3.8, 4) is 0 Å². The van der Waals surface area contributed by atoms with Crippen LogP contribution in [0.2, 0.25) is 0 Å². The van der Waals surface area contributed by atoms with Gasteiger partial charge >= 0.3 is 0 Å². The maximum atomic E-state index is 12.3. The number of nitrogens with zero attached hydrogens (tertiary/aromatic N) is 3. The Labute approximate surface area is 149 Å². The number of amides is 1. The molecule has 25 heavy (non-hydrogen) atoms. The van der Waals surface area contributed by atoms with Crippen LogP contribution in [-0.4, -0.2) is 44.9 Å². The standard InChI is InChI=1S/C20H27N3O2/c24-19(16-17-6-2-1-3-7-17)18-9-14-22(15-10-18)20(25)8-4-12-23-13-5-11-21-23/h1-3,5-7,11,13,18-19,24H,4,8-10,12,14-16H2/t19-/m1/s1. The van der Waals surface area contributed by atoms with Crippen molar-refractivity contribution in [1.29, 1.82) is 0 Å². The number of rotatable bonds is 7. The van der Waals surface area contributed by atoms with E-state index in [9.17, 15) is 9.90 Å². The molecular formula is C20H27N3O2. The van der Waals surface area contributed by atoms with E-state index >= 15 is 0 Å². The number of aromatic nitrogens is 2. The summed E-state index contributed by atoms with van der Waals surface area (Å²) in [5.41, 5.74) is 1.17. The van der Waals surface area contributed by atoms with Crippen molar-refractivity contribution in [1.82, 2.24) is 14.7 Å². The summed E-state index contributed by atoms with van der Waals surface area (Å²) in [7, 11) is 0. The van der Waals surface area contributed by atoms with Crippen molar-refractivity contribution < 1.29 is 9.90 Å². The first-order valence-electron chi connectivity index (χ1n) is 9.19. The summed E-state index contributed by atoms with van der Waals surface area (Å²) in [6, 6.07) is 12.0. The zero-order chi connectivity index (χ0) is 17.5. The Kier molecular flexibility index (Phi) is 6.23. The molecule has 134 valence electrons. The highest BCUT2D eigenvalue weighted by molar-refractivity contribution is 5.76. The first kappa shape index (κ1) is 17.7. The van der Waals surface area contributed by atoms with E-state index in [-0.39, 0.29) is 17.9 Å². The molecule has 0 bridgehead atoms. The number of carbonyl (C=O) groups excluding carboxylic acids is 1. The van der Waals surface area contributed by atoms with Crippen LogP contribution in [0.1, 0.15) is 31.2 Å². The van der Waals surface area contributed by atoms with Gasteiger partial charge in [-0.1, -0.05) is 30.3 Å². The van der Waals surface area contributed by atoms with Crippen LogP contribution in [0.5, 0.6) is 0 Å². The van der Waals surface area contributed by atoms with Crippen LogP contribution in [0.4, 0.5) is 0 Å². The van der Waals surface area contributed by atoms with Crippen LogP contribution in [0, 0.1) is 5.92 Å². The normalized spacial score (nSPS) is 16.8. The van der Waals surface area contributed by atoms with Gasteiger partial charge in [-0.2, -0.15) is 5.10 Å².